The molecule has 1 aliphatic rings. The molecule has 1 saturated heterocycles. The van der Waals surface area contributed by atoms with Crippen molar-refractivity contribution in [2.24, 2.45) is 0 Å². The van der Waals surface area contributed by atoms with Gasteiger partial charge in [0, 0.05) is 43.6 Å². The molecule has 7 nitrogen and oxygen atoms in total. The first kappa shape index (κ1) is 24.0. The normalized spacial score (nSPS) is 14.4. The molecule has 1 N–H and O–H groups in total. The smallest absolute Gasteiger partial charge is 0.251 e. The molecule has 2 aromatic carbocycles. The molecule has 0 aliphatic carbocycles. The molecule has 0 radical (unpaired) electrons. The van der Waals surface area contributed by atoms with E-state index in [9.17, 15) is 4.79 Å². The SMILES string of the molecule is Cc1cc(C)n(-c2ccc(C(=O)NCc3cccc(OCCN(C)C4CCOCC4)c3)cc2)n1. The highest BCUT2D eigenvalue weighted by atomic mass is 16.5. The Morgan fingerprint density at radius 3 is 2.62 bits per heavy atom. The van der Waals surface area contributed by atoms with Gasteiger partial charge in [-0.05, 0) is 81.8 Å². The van der Waals surface area contributed by atoms with Crippen molar-refractivity contribution in [3.8, 4) is 11.4 Å². The molecule has 4 rings (SSSR count). The summed E-state index contributed by atoms with van der Waals surface area (Å²) in [5, 5.41) is 7.49. The van der Waals surface area contributed by atoms with Crippen molar-refractivity contribution in [3.63, 3.8) is 0 Å². The minimum Gasteiger partial charge on any atom is -0.492 e. The van der Waals surface area contributed by atoms with E-state index < -0.39 is 0 Å². The van der Waals surface area contributed by atoms with Crippen LogP contribution >= 0.6 is 0 Å². The van der Waals surface area contributed by atoms with Crippen molar-refractivity contribution in [1.29, 1.82) is 0 Å². The quantitative estimate of drug-likeness (QED) is 0.522. The van der Waals surface area contributed by atoms with Crippen LogP contribution in [0.15, 0.2) is 54.6 Å². The van der Waals surface area contributed by atoms with Crippen LogP contribution in [-0.4, -0.2) is 60.0 Å². The number of carbonyl (C=O) groups excluding carboxylic acids is 1. The number of benzene rings is 2. The van der Waals surface area contributed by atoms with Crippen molar-refractivity contribution in [3.05, 3.63) is 77.1 Å². The van der Waals surface area contributed by atoms with Gasteiger partial charge in [0.2, 0.25) is 0 Å². The second kappa shape index (κ2) is 11.3. The topological polar surface area (TPSA) is 68.6 Å². The van der Waals surface area contributed by atoms with Crippen molar-refractivity contribution in [2.45, 2.75) is 39.3 Å². The summed E-state index contributed by atoms with van der Waals surface area (Å²) >= 11 is 0. The Hall–Kier alpha value is -3.16. The van der Waals surface area contributed by atoms with E-state index in [0.29, 0.717) is 24.8 Å². The maximum atomic E-state index is 12.6. The highest BCUT2D eigenvalue weighted by Gasteiger charge is 2.18. The van der Waals surface area contributed by atoms with Crippen LogP contribution in [0.1, 0.15) is 40.2 Å². The summed E-state index contributed by atoms with van der Waals surface area (Å²) < 4.78 is 13.3. The van der Waals surface area contributed by atoms with Gasteiger partial charge in [0.25, 0.3) is 5.91 Å². The predicted octanol–water partition coefficient (Wildman–Crippen LogP) is 3.91. The predicted molar refractivity (Wildman–Crippen MR) is 133 cm³/mol. The maximum absolute atomic E-state index is 12.6. The van der Waals surface area contributed by atoms with Gasteiger partial charge >= 0.3 is 0 Å². The van der Waals surface area contributed by atoms with E-state index in [4.69, 9.17) is 9.47 Å². The Balaban J connectivity index is 1.26. The number of nitrogens with zero attached hydrogens (tertiary/aromatic N) is 3. The summed E-state index contributed by atoms with van der Waals surface area (Å²) in [6.07, 6.45) is 2.16. The van der Waals surface area contributed by atoms with Crippen LogP contribution in [0.4, 0.5) is 0 Å². The van der Waals surface area contributed by atoms with Gasteiger partial charge in [-0.1, -0.05) is 12.1 Å². The average molecular weight is 463 g/mol. The van der Waals surface area contributed by atoms with Gasteiger partial charge in [-0.2, -0.15) is 5.10 Å². The second-order valence-electron chi connectivity index (χ2n) is 8.89. The fraction of sp³-hybridized carbons (Fsp3) is 0.407. The van der Waals surface area contributed by atoms with E-state index in [1.165, 1.54) is 0 Å². The maximum Gasteiger partial charge on any atom is 0.251 e. The zero-order valence-corrected chi connectivity index (χ0v) is 20.3. The third-order valence-corrected chi connectivity index (χ3v) is 6.26. The van der Waals surface area contributed by atoms with E-state index in [-0.39, 0.29) is 5.91 Å². The molecule has 0 atom stereocenters. The highest BCUT2D eigenvalue weighted by Crippen LogP contribution is 2.16. The highest BCUT2D eigenvalue weighted by molar-refractivity contribution is 5.94. The summed E-state index contributed by atoms with van der Waals surface area (Å²) in [5.74, 6) is 0.714. The number of likely N-dealkylation sites (N-methyl/N-ethyl adjacent to an activating group) is 1. The molecular weight excluding hydrogens is 428 g/mol. The molecule has 1 amide bonds. The van der Waals surface area contributed by atoms with Gasteiger partial charge in [-0.3, -0.25) is 9.69 Å². The Bertz CT molecular complexity index is 1090. The van der Waals surface area contributed by atoms with E-state index in [1.54, 1.807) is 0 Å². The van der Waals surface area contributed by atoms with Crippen molar-refractivity contribution < 1.29 is 14.3 Å². The van der Waals surface area contributed by atoms with E-state index in [1.807, 2.05) is 73.1 Å². The lowest BCUT2D eigenvalue weighted by Gasteiger charge is -2.31. The molecule has 0 bridgehead atoms. The third-order valence-electron chi connectivity index (χ3n) is 6.26. The van der Waals surface area contributed by atoms with E-state index in [2.05, 4.69) is 22.4 Å². The van der Waals surface area contributed by atoms with Crippen LogP contribution in [0.2, 0.25) is 0 Å². The van der Waals surface area contributed by atoms with Crippen LogP contribution in [0.25, 0.3) is 5.69 Å². The molecule has 1 aromatic heterocycles. The van der Waals surface area contributed by atoms with Gasteiger partial charge in [0.15, 0.2) is 0 Å². The summed E-state index contributed by atoms with van der Waals surface area (Å²) in [6, 6.07) is 18.0. The summed E-state index contributed by atoms with van der Waals surface area (Å²) in [6.45, 7) is 7.62. The number of hydrogen-bond donors (Lipinski definition) is 1. The lowest BCUT2D eigenvalue weighted by atomic mass is 10.1. The number of ether oxygens (including phenoxy) is 2. The first-order valence-electron chi connectivity index (χ1n) is 11.9. The number of aromatic nitrogens is 2. The number of amides is 1. The van der Waals surface area contributed by atoms with Gasteiger partial charge in [-0.25, -0.2) is 4.68 Å². The average Bonchev–Trinajstić information content (AvgIpc) is 3.21. The van der Waals surface area contributed by atoms with Gasteiger partial charge in [0.1, 0.15) is 12.4 Å². The molecule has 1 fully saturated rings. The number of hydrogen-bond acceptors (Lipinski definition) is 5. The minimum absolute atomic E-state index is 0.107. The molecule has 7 heteroatoms. The standard InChI is InChI=1S/C27H34N4O3/c1-20-17-21(2)31(29-20)25-9-7-23(8-10-25)27(32)28-19-22-5-4-6-26(18-22)34-16-13-30(3)24-11-14-33-15-12-24/h4-10,17-18,24H,11-16,19H2,1-3H3,(H,28,32). The molecular formula is C27H34N4O3. The second-order valence-corrected chi connectivity index (χ2v) is 8.89. The molecule has 0 spiro atoms. The van der Waals surface area contributed by atoms with Crippen LogP contribution in [-0.2, 0) is 11.3 Å². The van der Waals surface area contributed by atoms with Crippen molar-refractivity contribution >= 4 is 5.91 Å². The van der Waals surface area contributed by atoms with Crippen LogP contribution in [0.5, 0.6) is 5.75 Å². The van der Waals surface area contributed by atoms with Gasteiger partial charge < -0.3 is 14.8 Å². The molecule has 34 heavy (non-hydrogen) atoms. The first-order valence-corrected chi connectivity index (χ1v) is 11.9. The Labute approximate surface area is 201 Å². The first-order chi connectivity index (χ1) is 16.5. The molecule has 0 saturated carbocycles. The van der Waals surface area contributed by atoms with Crippen molar-refractivity contribution in [1.82, 2.24) is 20.0 Å². The van der Waals surface area contributed by atoms with E-state index in [0.717, 1.165) is 61.0 Å². The van der Waals surface area contributed by atoms with Gasteiger partial charge in [0.05, 0.1) is 11.4 Å². The summed E-state index contributed by atoms with van der Waals surface area (Å²) in [5.41, 5.74) is 4.59. The van der Waals surface area contributed by atoms with Crippen molar-refractivity contribution in [2.75, 3.05) is 33.4 Å². The molecule has 3 aromatic rings. The Kier molecular flexibility index (Phi) is 7.98. The minimum atomic E-state index is -0.107. The number of carbonyl (C=O) groups is 1. The lowest BCUT2D eigenvalue weighted by Crippen LogP contribution is -2.38. The van der Waals surface area contributed by atoms with E-state index >= 15 is 0 Å². The largest absolute Gasteiger partial charge is 0.492 e. The fourth-order valence-electron chi connectivity index (χ4n) is 4.29. The molecule has 0 unspecified atom stereocenters. The molecule has 1 aliphatic heterocycles. The number of rotatable bonds is 9. The Morgan fingerprint density at radius 2 is 1.91 bits per heavy atom. The lowest BCUT2D eigenvalue weighted by molar-refractivity contribution is 0.0392. The monoisotopic (exact) mass is 462 g/mol. The molecule has 2 heterocycles. The fourth-order valence-corrected chi connectivity index (χ4v) is 4.29. The number of nitrogens with one attached hydrogen (secondary N) is 1. The summed E-state index contributed by atoms with van der Waals surface area (Å²) in [7, 11) is 2.15. The summed E-state index contributed by atoms with van der Waals surface area (Å²) in [4.78, 5) is 15.0. The van der Waals surface area contributed by atoms with Crippen LogP contribution < -0.4 is 10.1 Å². The zero-order chi connectivity index (χ0) is 23.9. The van der Waals surface area contributed by atoms with Crippen LogP contribution in [0, 0.1) is 13.8 Å². The third kappa shape index (κ3) is 6.24. The molecule has 180 valence electrons. The number of aryl methyl sites for hydroxylation is 2. The van der Waals surface area contributed by atoms with Gasteiger partial charge in [-0.15, -0.1) is 0 Å². The Morgan fingerprint density at radius 1 is 1.15 bits per heavy atom. The zero-order valence-electron chi connectivity index (χ0n) is 20.3. The van der Waals surface area contributed by atoms with Crippen LogP contribution in [0.3, 0.4) is 0 Å².